The zero-order valence-corrected chi connectivity index (χ0v) is 9.10. The van der Waals surface area contributed by atoms with E-state index in [2.05, 4.69) is 25.2 Å². The second-order valence-corrected chi connectivity index (χ2v) is 4.06. The molecule has 0 aromatic carbocycles. The van der Waals surface area contributed by atoms with Gasteiger partial charge in [0.2, 0.25) is 0 Å². The molecule has 1 saturated heterocycles. The third kappa shape index (κ3) is 3.95. The summed E-state index contributed by atoms with van der Waals surface area (Å²) < 4.78 is 0. The lowest BCUT2D eigenvalue weighted by molar-refractivity contribution is 0.537. The van der Waals surface area contributed by atoms with Crippen molar-refractivity contribution in [2.75, 3.05) is 13.1 Å². The molecule has 0 aromatic heterocycles. The monoisotopic (exact) mass is 181 g/mol. The Morgan fingerprint density at radius 3 is 2.85 bits per heavy atom. The van der Waals surface area contributed by atoms with Crippen molar-refractivity contribution in [3.05, 3.63) is 11.6 Å². The summed E-state index contributed by atoms with van der Waals surface area (Å²) in [5.74, 6) is 0.842. The maximum Gasteiger partial charge on any atom is 0.0165 e. The summed E-state index contributed by atoms with van der Waals surface area (Å²) in [5, 5.41) is 3.39. The van der Waals surface area contributed by atoms with Crippen molar-refractivity contribution >= 4 is 0 Å². The number of nitrogens with one attached hydrogen (secondary N) is 1. The second kappa shape index (κ2) is 6.20. The number of rotatable bonds is 5. The molecule has 13 heavy (non-hydrogen) atoms. The van der Waals surface area contributed by atoms with Gasteiger partial charge < -0.3 is 5.32 Å². The molecule has 0 radical (unpaired) electrons. The standard InChI is InChI=1S/C12H23N/c1-3-5-6-11(4-2)9-12-7-8-13-10-12/h9,11,13H,3-8,10H2,1-2H3/b12-9+. The first-order valence-corrected chi connectivity index (χ1v) is 5.77. The molecule has 0 amide bonds. The topological polar surface area (TPSA) is 12.0 Å². The van der Waals surface area contributed by atoms with Gasteiger partial charge in [-0.1, -0.05) is 38.3 Å². The van der Waals surface area contributed by atoms with Crippen LogP contribution in [0.5, 0.6) is 0 Å². The van der Waals surface area contributed by atoms with Gasteiger partial charge in [0.1, 0.15) is 0 Å². The lowest BCUT2D eigenvalue weighted by Gasteiger charge is -2.10. The summed E-state index contributed by atoms with van der Waals surface area (Å²) >= 11 is 0. The molecule has 0 aliphatic carbocycles. The fraction of sp³-hybridized carbons (Fsp3) is 0.833. The van der Waals surface area contributed by atoms with Crippen molar-refractivity contribution in [1.82, 2.24) is 5.32 Å². The van der Waals surface area contributed by atoms with Gasteiger partial charge in [-0.2, -0.15) is 0 Å². The van der Waals surface area contributed by atoms with Crippen LogP contribution in [-0.4, -0.2) is 13.1 Å². The minimum atomic E-state index is 0.842. The van der Waals surface area contributed by atoms with E-state index in [4.69, 9.17) is 0 Å². The average Bonchev–Trinajstić information content (AvgIpc) is 2.64. The Kier molecular flexibility index (Phi) is 5.14. The summed E-state index contributed by atoms with van der Waals surface area (Å²) in [6, 6.07) is 0. The van der Waals surface area contributed by atoms with Crippen LogP contribution in [-0.2, 0) is 0 Å². The molecule has 1 rings (SSSR count). The summed E-state index contributed by atoms with van der Waals surface area (Å²) in [7, 11) is 0. The largest absolute Gasteiger partial charge is 0.313 e. The van der Waals surface area contributed by atoms with Crippen LogP contribution in [0.4, 0.5) is 0 Å². The molecule has 1 unspecified atom stereocenters. The molecule has 0 spiro atoms. The van der Waals surface area contributed by atoms with Gasteiger partial charge in [-0.25, -0.2) is 0 Å². The molecule has 76 valence electrons. The van der Waals surface area contributed by atoms with Crippen molar-refractivity contribution < 1.29 is 0 Å². The summed E-state index contributed by atoms with van der Waals surface area (Å²) in [6.07, 6.45) is 9.21. The molecule has 1 heteroatoms. The smallest absolute Gasteiger partial charge is 0.0165 e. The Labute approximate surface area is 82.6 Å². The van der Waals surface area contributed by atoms with Crippen LogP contribution >= 0.6 is 0 Å². The van der Waals surface area contributed by atoms with Gasteiger partial charge in [-0.3, -0.25) is 0 Å². The van der Waals surface area contributed by atoms with Crippen LogP contribution in [0.2, 0.25) is 0 Å². The molecule has 1 atom stereocenters. The van der Waals surface area contributed by atoms with Gasteiger partial charge in [-0.15, -0.1) is 0 Å². The predicted octanol–water partition coefficient (Wildman–Crippen LogP) is 3.12. The number of hydrogen-bond donors (Lipinski definition) is 1. The summed E-state index contributed by atoms with van der Waals surface area (Å²) in [6.45, 7) is 6.91. The van der Waals surface area contributed by atoms with Gasteiger partial charge >= 0.3 is 0 Å². The molecule has 1 nitrogen and oxygen atoms in total. The van der Waals surface area contributed by atoms with E-state index in [0.717, 1.165) is 12.5 Å². The quantitative estimate of drug-likeness (QED) is 0.643. The molecule has 1 fully saturated rings. The number of allylic oxidation sites excluding steroid dienone is 1. The van der Waals surface area contributed by atoms with Gasteiger partial charge in [0.25, 0.3) is 0 Å². The first-order valence-electron chi connectivity index (χ1n) is 5.77. The van der Waals surface area contributed by atoms with Gasteiger partial charge in [-0.05, 0) is 31.7 Å². The van der Waals surface area contributed by atoms with E-state index < -0.39 is 0 Å². The van der Waals surface area contributed by atoms with Crippen molar-refractivity contribution in [2.24, 2.45) is 5.92 Å². The Hall–Kier alpha value is -0.300. The Morgan fingerprint density at radius 2 is 2.31 bits per heavy atom. The second-order valence-electron chi connectivity index (χ2n) is 4.06. The highest BCUT2D eigenvalue weighted by Gasteiger charge is 2.08. The maximum atomic E-state index is 3.39. The highest BCUT2D eigenvalue weighted by Crippen LogP contribution is 2.18. The Morgan fingerprint density at radius 1 is 1.46 bits per heavy atom. The molecule has 1 N–H and O–H groups in total. The zero-order chi connectivity index (χ0) is 9.52. The fourth-order valence-electron chi connectivity index (χ4n) is 1.93. The number of hydrogen-bond acceptors (Lipinski definition) is 1. The van der Waals surface area contributed by atoms with Crippen molar-refractivity contribution in [1.29, 1.82) is 0 Å². The van der Waals surface area contributed by atoms with E-state index in [9.17, 15) is 0 Å². The Balaban J connectivity index is 2.32. The fourth-order valence-corrected chi connectivity index (χ4v) is 1.93. The third-order valence-corrected chi connectivity index (χ3v) is 2.90. The van der Waals surface area contributed by atoms with Crippen molar-refractivity contribution in [3.63, 3.8) is 0 Å². The van der Waals surface area contributed by atoms with E-state index in [1.165, 1.54) is 38.6 Å². The van der Waals surface area contributed by atoms with E-state index >= 15 is 0 Å². The van der Waals surface area contributed by atoms with Crippen LogP contribution in [0.25, 0.3) is 0 Å². The molecule has 1 heterocycles. The zero-order valence-electron chi connectivity index (χ0n) is 9.10. The molecule has 0 aromatic rings. The lowest BCUT2D eigenvalue weighted by Crippen LogP contribution is -2.05. The van der Waals surface area contributed by atoms with E-state index in [-0.39, 0.29) is 0 Å². The van der Waals surface area contributed by atoms with Gasteiger partial charge in [0.05, 0.1) is 0 Å². The minimum Gasteiger partial charge on any atom is -0.313 e. The van der Waals surface area contributed by atoms with Gasteiger partial charge in [0, 0.05) is 6.54 Å². The van der Waals surface area contributed by atoms with Crippen LogP contribution in [0.3, 0.4) is 0 Å². The van der Waals surface area contributed by atoms with Gasteiger partial charge in [0.15, 0.2) is 0 Å². The van der Waals surface area contributed by atoms with E-state index in [1.807, 2.05) is 0 Å². The molecule has 1 aliphatic rings. The van der Waals surface area contributed by atoms with E-state index in [0.29, 0.717) is 0 Å². The highest BCUT2D eigenvalue weighted by molar-refractivity contribution is 5.10. The molecule has 0 saturated carbocycles. The maximum absolute atomic E-state index is 3.39. The molecule has 1 aliphatic heterocycles. The third-order valence-electron chi connectivity index (χ3n) is 2.90. The molecular formula is C12H23N. The normalized spacial score (nSPS) is 22.5. The molecule has 0 bridgehead atoms. The van der Waals surface area contributed by atoms with Crippen LogP contribution in [0.15, 0.2) is 11.6 Å². The minimum absolute atomic E-state index is 0.842. The first-order chi connectivity index (χ1) is 6.36. The van der Waals surface area contributed by atoms with Crippen LogP contribution in [0.1, 0.15) is 46.0 Å². The van der Waals surface area contributed by atoms with E-state index in [1.54, 1.807) is 5.57 Å². The molecular weight excluding hydrogens is 158 g/mol. The summed E-state index contributed by atoms with van der Waals surface area (Å²) in [5.41, 5.74) is 1.64. The number of unbranched alkanes of at least 4 members (excludes halogenated alkanes) is 1. The Bertz CT molecular complexity index is 153. The predicted molar refractivity (Wildman–Crippen MR) is 58.9 cm³/mol. The highest BCUT2D eigenvalue weighted by atomic mass is 14.9. The van der Waals surface area contributed by atoms with Crippen molar-refractivity contribution in [2.45, 2.75) is 46.0 Å². The lowest BCUT2D eigenvalue weighted by atomic mass is 9.96. The summed E-state index contributed by atoms with van der Waals surface area (Å²) in [4.78, 5) is 0. The first kappa shape index (κ1) is 10.8. The van der Waals surface area contributed by atoms with Crippen molar-refractivity contribution in [3.8, 4) is 0 Å². The SMILES string of the molecule is CCCCC(/C=C1\CCNC1)CC. The average molecular weight is 181 g/mol. The van der Waals surface area contributed by atoms with Crippen LogP contribution < -0.4 is 5.32 Å². The van der Waals surface area contributed by atoms with Crippen LogP contribution in [0, 0.1) is 5.92 Å².